The molecule has 0 radical (unpaired) electrons. The highest BCUT2D eigenvalue weighted by Gasteiger charge is 2.09. The summed E-state index contributed by atoms with van der Waals surface area (Å²) in [6.07, 6.45) is 14.8. The molecule has 2 aromatic carbocycles. The number of aromatic nitrogens is 1. The Hall–Kier alpha value is -2.94. The van der Waals surface area contributed by atoms with Crippen LogP contribution < -0.4 is 4.74 Å². The van der Waals surface area contributed by atoms with Crippen molar-refractivity contribution in [3.8, 4) is 5.75 Å². The summed E-state index contributed by atoms with van der Waals surface area (Å²) in [5.41, 5.74) is 5.51. The number of benzene rings is 2. The third kappa shape index (κ3) is 8.78. The smallest absolute Gasteiger partial charge is 0.343 e. The number of carbonyl (C=O) groups excluding carboxylic acids is 1. The van der Waals surface area contributed by atoms with Crippen molar-refractivity contribution >= 4 is 5.97 Å². The molecule has 0 spiro atoms. The van der Waals surface area contributed by atoms with E-state index in [1.54, 1.807) is 0 Å². The van der Waals surface area contributed by atoms with Crippen LogP contribution in [0.5, 0.6) is 5.75 Å². The largest absolute Gasteiger partial charge is 0.423 e. The third-order valence-electron chi connectivity index (χ3n) is 6.27. The predicted octanol–water partition coefficient (Wildman–Crippen LogP) is 7.94. The molecule has 0 atom stereocenters. The number of hydrogen-bond donors (Lipinski definition) is 0. The van der Waals surface area contributed by atoms with Gasteiger partial charge in [-0.3, -0.25) is 4.98 Å². The number of hydrogen-bond acceptors (Lipinski definition) is 3. The van der Waals surface area contributed by atoms with Crippen molar-refractivity contribution in [3.63, 3.8) is 0 Å². The van der Waals surface area contributed by atoms with Gasteiger partial charge < -0.3 is 4.74 Å². The van der Waals surface area contributed by atoms with E-state index in [2.05, 4.69) is 31.0 Å². The van der Waals surface area contributed by atoms with E-state index >= 15 is 0 Å². The SMILES string of the molecule is CCCCCCc1ccc(C(=O)Oc2ccc(CCc3ccc(CCCCC)cn3)cc2)cc1. The maximum atomic E-state index is 12.5. The molecule has 34 heavy (non-hydrogen) atoms. The molecule has 0 amide bonds. The molecular weight excluding hydrogens is 418 g/mol. The second kappa shape index (κ2) is 14.3. The molecule has 0 aliphatic rings. The van der Waals surface area contributed by atoms with Gasteiger partial charge in [-0.2, -0.15) is 0 Å². The lowest BCUT2D eigenvalue weighted by atomic mass is 10.0. The van der Waals surface area contributed by atoms with Crippen LogP contribution in [-0.2, 0) is 25.7 Å². The Morgan fingerprint density at radius 1 is 0.647 bits per heavy atom. The van der Waals surface area contributed by atoms with Crippen LogP contribution in [0.4, 0.5) is 0 Å². The number of unbranched alkanes of at least 4 members (excludes halogenated alkanes) is 5. The van der Waals surface area contributed by atoms with E-state index in [0.717, 1.165) is 31.4 Å². The standard InChI is InChI=1S/C31H39NO2/c1-3-5-7-9-10-25-12-18-28(19-13-25)31(33)34-30-22-16-26(17-23-30)14-20-29-21-15-27(24-32-29)11-8-6-4-2/h12-13,15-19,21-24H,3-11,14,20H2,1-2H3. The predicted molar refractivity (Wildman–Crippen MR) is 141 cm³/mol. The summed E-state index contributed by atoms with van der Waals surface area (Å²) in [5.74, 6) is 0.264. The monoisotopic (exact) mass is 457 g/mol. The van der Waals surface area contributed by atoms with E-state index in [-0.39, 0.29) is 5.97 Å². The van der Waals surface area contributed by atoms with E-state index in [4.69, 9.17) is 4.74 Å². The number of nitrogens with zero attached hydrogens (tertiary/aromatic N) is 1. The minimum Gasteiger partial charge on any atom is -0.423 e. The molecule has 1 heterocycles. The molecule has 0 fully saturated rings. The Morgan fingerprint density at radius 2 is 1.24 bits per heavy atom. The van der Waals surface area contributed by atoms with Gasteiger partial charge in [-0.25, -0.2) is 4.79 Å². The summed E-state index contributed by atoms with van der Waals surface area (Å²) in [5, 5.41) is 0. The van der Waals surface area contributed by atoms with Crippen molar-refractivity contribution < 1.29 is 9.53 Å². The zero-order valence-electron chi connectivity index (χ0n) is 20.9. The topological polar surface area (TPSA) is 39.2 Å². The van der Waals surface area contributed by atoms with Crippen molar-refractivity contribution in [2.45, 2.75) is 84.5 Å². The highest BCUT2D eigenvalue weighted by Crippen LogP contribution is 2.17. The number of rotatable bonds is 14. The number of ether oxygens (including phenoxy) is 1. The average Bonchev–Trinajstić information content (AvgIpc) is 2.87. The fourth-order valence-corrected chi connectivity index (χ4v) is 4.06. The number of esters is 1. The quantitative estimate of drug-likeness (QED) is 0.140. The summed E-state index contributed by atoms with van der Waals surface area (Å²) in [4.78, 5) is 17.1. The normalized spacial score (nSPS) is 10.9. The average molecular weight is 458 g/mol. The van der Waals surface area contributed by atoms with E-state index in [1.165, 1.54) is 61.6 Å². The zero-order chi connectivity index (χ0) is 24.0. The van der Waals surface area contributed by atoms with Crippen LogP contribution in [0.3, 0.4) is 0 Å². The first-order chi connectivity index (χ1) is 16.7. The molecule has 0 saturated carbocycles. The molecule has 3 heteroatoms. The Labute approximate surface area is 205 Å². The first-order valence-electron chi connectivity index (χ1n) is 13.0. The van der Waals surface area contributed by atoms with Crippen molar-refractivity contribution in [1.29, 1.82) is 0 Å². The van der Waals surface area contributed by atoms with Crippen LogP contribution in [0.2, 0.25) is 0 Å². The van der Waals surface area contributed by atoms with E-state index in [9.17, 15) is 4.79 Å². The highest BCUT2D eigenvalue weighted by atomic mass is 16.5. The molecule has 1 aromatic heterocycles. The lowest BCUT2D eigenvalue weighted by molar-refractivity contribution is 0.0734. The Kier molecular flexibility index (Phi) is 10.8. The van der Waals surface area contributed by atoms with Gasteiger partial charge in [-0.05, 0) is 85.5 Å². The van der Waals surface area contributed by atoms with Gasteiger partial charge in [-0.1, -0.05) is 76.3 Å². The van der Waals surface area contributed by atoms with Crippen LogP contribution in [0.1, 0.15) is 91.5 Å². The summed E-state index contributed by atoms with van der Waals surface area (Å²) >= 11 is 0. The maximum absolute atomic E-state index is 12.5. The summed E-state index contributed by atoms with van der Waals surface area (Å²) in [7, 11) is 0. The molecular formula is C31H39NO2. The molecule has 0 aliphatic carbocycles. The minimum absolute atomic E-state index is 0.312. The first kappa shape index (κ1) is 25.7. The maximum Gasteiger partial charge on any atom is 0.343 e. The fourth-order valence-electron chi connectivity index (χ4n) is 4.06. The van der Waals surface area contributed by atoms with Crippen molar-refractivity contribution in [1.82, 2.24) is 4.98 Å². The lowest BCUT2D eigenvalue weighted by Crippen LogP contribution is -2.08. The van der Waals surface area contributed by atoms with Crippen LogP contribution >= 0.6 is 0 Å². The Balaban J connectivity index is 1.43. The van der Waals surface area contributed by atoms with Gasteiger partial charge in [0, 0.05) is 11.9 Å². The number of aryl methyl sites for hydroxylation is 4. The molecule has 3 aromatic rings. The van der Waals surface area contributed by atoms with Gasteiger partial charge in [0.05, 0.1) is 5.56 Å². The van der Waals surface area contributed by atoms with E-state index < -0.39 is 0 Å². The lowest BCUT2D eigenvalue weighted by Gasteiger charge is -2.07. The second-order valence-corrected chi connectivity index (χ2v) is 9.16. The Bertz CT molecular complexity index is 975. The van der Waals surface area contributed by atoms with Crippen LogP contribution in [0.25, 0.3) is 0 Å². The van der Waals surface area contributed by atoms with Crippen LogP contribution in [0, 0.1) is 0 Å². The summed E-state index contributed by atoms with van der Waals surface area (Å²) < 4.78 is 5.57. The minimum atomic E-state index is -0.312. The van der Waals surface area contributed by atoms with Gasteiger partial charge in [-0.15, -0.1) is 0 Å². The van der Waals surface area contributed by atoms with Crippen molar-refractivity contribution in [2.24, 2.45) is 0 Å². The molecule has 3 nitrogen and oxygen atoms in total. The molecule has 0 N–H and O–H groups in total. The fraction of sp³-hybridized carbons (Fsp3) is 0.419. The van der Waals surface area contributed by atoms with Gasteiger partial charge >= 0.3 is 5.97 Å². The number of carbonyl (C=O) groups is 1. The molecule has 0 aliphatic heterocycles. The van der Waals surface area contributed by atoms with Gasteiger partial charge in [0.25, 0.3) is 0 Å². The van der Waals surface area contributed by atoms with Crippen LogP contribution in [0.15, 0.2) is 66.9 Å². The third-order valence-corrected chi connectivity index (χ3v) is 6.27. The van der Waals surface area contributed by atoms with E-state index in [0.29, 0.717) is 11.3 Å². The van der Waals surface area contributed by atoms with Crippen LogP contribution in [-0.4, -0.2) is 11.0 Å². The Morgan fingerprint density at radius 3 is 1.91 bits per heavy atom. The first-order valence-corrected chi connectivity index (χ1v) is 13.0. The number of pyridine rings is 1. The molecule has 180 valence electrons. The molecule has 0 bridgehead atoms. The van der Waals surface area contributed by atoms with Gasteiger partial charge in [0.15, 0.2) is 0 Å². The second-order valence-electron chi connectivity index (χ2n) is 9.16. The summed E-state index contributed by atoms with van der Waals surface area (Å²) in [6, 6.07) is 20.0. The molecule has 3 rings (SSSR count). The highest BCUT2D eigenvalue weighted by molar-refractivity contribution is 5.91. The van der Waals surface area contributed by atoms with Gasteiger partial charge in [0.2, 0.25) is 0 Å². The summed E-state index contributed by atoms with van der Waals surface area (Å²) in [6.45, 7) is 4.45. The van der Waals surface area contributed by atoms with Crippen molar-refractivity contribution in [2.75, 3.05) is 0 Å². The molecule has 0 saturated heterocycles. The van der Waals surface area contributed by atoms with E-state index in [1.807, 2.05) is 54.7 Å². The molecule has 0 unspecified atom stereocenters. The zero-order valence-corrected chi connectivity index (χ0v) is 20.9. The van der Waals surface area contributed by atoms with Gasteiger partial charge in [0.1, 0.15) is 5.75 Å². The van der Waals surface area contributed by atoms with Crippen molar-refractivity contribution in [3.05, 3.63) is 94.8 Å².